The summed E-state index contributed by atoms with van der Waals surface area (Å²) in [5.41, 5.74) is 1.25. The van der Waals surface area contributed by atoms with E-state index in [4.69, 9.17) is 5.26 Å². The van der Waals surface area contributed by atoms with Gasteiger partial charge in [0.2, 0.25) is 0 Å². The fourth-order valence-corrected chi connectivity index (χ4v) is 1.98. The van der Waals surface area contributed by atoms with Gasteiger partial charge in [0, 0.05) is 9.89 Å². The molecular weight excluding hydrogens is 242 g/mol. The largest absolute Gasteiger partial charge is 0.395 e. The molecule has 0 bridgehead atoms. The SMILES string of the molecule is CC(C)(CO)c1cc(C#N)ccc1Br. The lowest BCUT2D eigenvalue weighted by Crippen LogP contribution is -2.22. The van der Waals surface area contributed by atoms with Gasteiger partial charge in [0.15, 0.2) is 0 Å². The highest BCUT2D eigenvalue weighted by atomic mass is 79.9. The Morgan fingerprint density at radius 1 is 1.50 bits per heavy atom. The van der Waals surface area contributed by atoms with E-state index in [1.165, 1.54) is 0 Å². The molecule has 0 radical (unpaired) electrons. The third kappa shape index (κ3) is 2.14. The molecule has 1 N–H and O–H groups in total. The van der Waals surface area contributed by atoms with Gasteiger partial charge in [-0.25, -0.2) is 0 Å². The van der Waals surface area contributed by atoms with E-state index in [9.17, 15) is 5.11 Å². The average molecular weight is 254 g/mol. The van der Waals surface area contributed by atoms with Crippen molar-refractivity contribution < 1.29 is 5.11 Å². The molecule has 0 aliphatic heterocycles. The lowest BCUT2D eigenvalue weighted by molar-refractivity contribution is 0.218. The summed E-state index contributed by atoms with van der Waals surface area (Å²) < 4.78 is 0.926. The van der Waals surface area contributed by atoms with Crippen molar-refractivity contribution in [2.45, 2.75) is 19.3 Å². The quantitative estimate of drug-likeness (QED) is 0.881. The van der Waals surface area contributed by atoms with Crippen LogP contribution < -0.4 is 0 Å². The van der Waals surface area contributed by atoms with Crippen molar-refractivity contribution in [1.29, 1.82) is 5.26 Å². The lowest BCUT2D eigenvalue weighted by atomic mass is 9.85. The van der Waals surface area contributed by atoms with Gasteiger partial charge in [-0.05, 0) is 23.8 Å². The first-order valence-corrected chi connectivity index (χ1v) is 5.11. The molecule has 0 saturated carbocycles. The molecule has 0 aliphatic carbocycles. The van der Waals surface area contributed by atoms with Crippen LogP contribution in [0.5, 0.6) is 0 Å². The first-order valence-electron chi connectivity index (χ1n) is 4.32. The van der Waals surface area contributed by atoms with Crippen LogP contribution in [0, 0.1) is 11.3 Å². The highest BCUT2D eigenvalue weighted by molar-refractivity contribution is 9.10. The second-order valence-electron chi connectivity index (χ2n) is 3.85. The fraction of sp³-hybridized carbons (Fsp3) is 0.364. The number of hydrogen-bond donors (Lipinski definition) is 1. The second kappa shape index (κ2) is 4.12. The smallest absolute Gasteiger partial charge is 0.0991 e. The second-order valence-corrected chi connectivity index (χ2v) is 4.70. The van der Waals surface area contributed by atoms with Crippen molar-refractivity contribution >= 4 is 15.9 Å². The van der Waals surface area contributed by atoms with Crippen LogP contribution in [0.3, 0.4) is 0 Å². The van der Waals surface area contributed by atoms with Gasteiger partial charge in [0.05, 0.1) is 18.2 Å². The predicted molar refractivity (Wildman–Crippen MR) is 59.0 cm³/mol. The Labute approximate surface area is 92.3 Å². The third-order valence-electron chi connectivity index (χ3n) is 2.22. The van der Waals surface area contributed by atoms with Crippen LogP contribution >= 0.6 is 15.9 Å². The van der Waals surface area contributed by atoms with Crippen LogP contribution in [-0.4, -0.2) is 11.7 Å². The van der Waals surface area contributed by atoms with Gasteiger partial charge < -0.3 is 5.11 Å². The van der Waals surface area contributed by atoms with Crippen LogP contribution in [0.4, 0.5) is 0 Å². The summed E-state index contributed by atoms with van der Waals surface area (Å²) in [7, 11) is 0. The van der Waals surface area contributed by atoms with E-state index in [1.807, 2.05) is 19.9 Å². The third-order valence-corrected chi connectivity index (χ3v) is 2.91. The Morgan fingerprint density at radius 2 is 2.14 bits per heavy atom. The van der Waals surface area contributed by atoms with E-state index in [0.717, 1.165) is 10.0 Å². The maximum absolute atomic E-state index is 9.23. The number of halogens is 1. The number of aliphatic hydroxyl groups is 1. The molecule has 1 aromatic carbocycles. The predicted octanol–water partition coefficient (Wildman–Crippen LogP) is 2.59. The molecule has 14 heavy (non-hydrogen) atoms. The molecule has 1 aromatic rings. The zero-order chi connectivity index (χ0) is 10.8. The molecule has 2 nitrogen and oxygen atoms in total. The van der Waals surface area contributed by atoms with E-state index in [1.54, 1.807) is 12.1 Å². The number of nitriles is 1. The first kappa shape index (κ1) is 11.2. The molecule has 74 valence electrons. The molecule has 0 unspecified atom stereocenters. The molecule has 0 spiro atoms. The minimum absolute atomic E-state index is 0.0560. The van der Waals surface area contributed by atoms with Crippen molar-refractivity contribution in [2.24, 2.45) is 0 Å². The number of nitrogens with zero attached hydrogens (tertiary/aromatic N) is 1. The van der Waals surface area contributed by atoms with Crippen LogP contribution in [0.25, 0.3) is 0 Å². The summed E-state index contributed by atoms with van der Waals surface area (Å²) in [4.78, 5) is 0. The maximum Gasteiger partial charge on any atom is 0.0991 e. The van der Waals surface area contributed by atoms with Crippen molar-refractivity contribution in [3.05, 3.63) is 33.8 Å². The highest BCUT2D eigenvalue weighted by Gasteiger charge is 2.22. The monoisotopic (exact) mass is 253 g/mol. The molecule has 0 aliphatic rings. The lowest BCUT2D eigenvalue weighted by Gasteiger charge is -2.23. The zero-order valence-corrected chi connectivity index (χ0v) is 9.80. The minimum atomic E-state index is -0.328. The Kier molecular flexibility index (Phi) is 3.30. The number of benzene rings is 1. The summed E-state index contributed by atoms with van der Waals surface area (Å²) in [6, 6.07) is 7.48. The zero-order valence-electron chi connectivity index (χ0n) is 8.21. The van der Waals surface area contributed by atoms with Crippen LogP contribution in [0.2, 0.25) is 0 Å². The highest BCUT2D eigenvalue weighted by Crippen LogP contribution is 2.30. The van der Waals surface area contributed by atoms with Gasteiger partial charge in [-0.1, -0.05) is 29.8 Å². The van der Waals surface area contributed by atoms with E-state index in [2.05, 4.69) is 22.0 Å². The number of rotatable bonds is 2. The van der Waals surface area contributed by atoms with Gasteiger partial charge in [0.25, 0.3) is 0 Å². The van der Waals surface area contributed by atoms with Crippen molar-refractivity contribution in [3.8, 4) is 6.07 Å². The Morgan fingerprint density at radius 3 is 2.64 bits per heavy atom. The van der Waals surface area contributed by atoms with Crippen molar-refractivity contribution in [2.75, 3.05) is 6.61 Å². The number of hydrogen-bond acceptors (Lipinski definition) is 2. The van der Waals surface area contributed by atoms with Crippen LogP contribution in [-0.2, 0) is 5.41 Å². The summed E-state index contributed by atoms with van der Waals surface area (Å²) in [6.07, 6.45) is 0. The molecular formula is C11H12BrNO. The molecule has 1 rings (SSSR count). The molecule has 3 heteroatoms. The Hall–Kier alpha value is -0.850. The van der Waals surface area contributed by atoms with Gasteiger partial charge >= 0.3 is 0 Å². The summed E-state index contributed by atoms with van der Waals surface area (Å²) in [5.74, 6) is 0. The van der Waals surface area contributed by atoms with Gasteiger partial charge in [-0.3, -0.25) is 0 Å². The maximum atomic E-state index is 9.23. The van der Waals surface area contributed by atoms with Crippen LogP contribution in [0.15, 0.2) is 22.7 Å². The van der Waals surface area contributed by atoms with Crippen molar-refractivity contribution in [1.82, 2.24) is 0 Å². The molecule has 0 saturated heterocycles. The molecule has 0 heterocycles. The topological polar surface area (TPSA) is 44.0 Å². The molecule has 0 fully saturated rings. The van der Waals surface area contributed by atoms with Crippen LogP contribution in [0.1, 0.15) is 25.0 Å². The van der Waals surface area contributed by atoms with Gasteiger partial charge in [-0.2, -0.15) is 5.26 Å². The molecule has 0 atom stereocenters. The standard InChI is InChI=1S/C11H12BrNO/c1-11(2,7-14)9-5-8(6-13)3-4-10(9)12/h3-5,14H,7H2,1-2H3. The summed E-state index contributed by atoms with van der Waals surface area (Å²) in [5, 5.41) is 18.0. The minimum Gasteiger partial charge on any atom is -0.395 e. The summed E-state index contributed by atoms with van der Waals surface area (Å²) >= 11 is 3.42. The fourth-order valence-electron chi connectivity index (χ4n) is 1.20. The molecule has 0 amide bonds. The van der Waals surface area contributed by atoms with E-state index in [-0.39, 0.29) is 12.0 Å². The van der Waals surface area contributed by atoms with Crippen molar-refractivity contribution in [3.63, 3.8) is 0 Å². The number of aliphatic hydroxyl groups excluding tert-OH is 1. The van der Waals surface area contributed by atoms with Gasteiger partial charge in [0.1, 0.15) is 0 Å². The Bertz CT molecular complexity index is 379. The summed E-state index contributed by atoms with van der Waals surface area (Å²) in [6.45, 7) is 3.93. The van der Waals surface area contributed by atoms with Gasteiger partial charge in [-0.15, -0.1) is 0 Å². The molecule has 0 aromatic heterocycles. The van der Waals surface area contributed by atoms with E-state index in [0.29, 0.717) is 5.56 Å². The van der Waals surface area contributed by atoms with E-state index >= 15 is 0 Å². The van der Waals surface area contributed by atoms with E-state index < -0.39 is 0 Å². The normalized spacial score (nSPS) is 11.1. The first-order chi connectivity index (χ1) is 6.51. The average Bonchev–Trinajstić information content (AvgIpc) is 2.18. The Balaban J connectivity index is 3.27.